The molecule has 0 aliphatic carbocycles. The van der Waals surface area contributed by atoms with E-state index in [9.17, 15) is 0 Å². The zero-order chi connectivity index (χ0) is 9.52. The molecule has 0 fully saturated rings. The lowest BCUT2D eigenvalue weighted by Crippen LogP contribution is -1.83. The van der Waals surface area contributed by atoms with Crippen molar-refractivity contribution in [2.24, 2.45) is 0 Å². The van der Waals surface area contributed by atoms with Crippen LogP contribution in [0.2, 0.25) is 0 Å². The van der Waals surface area contributed by atoms with E-state index >= 15 is 0 Å². The van der Waals surface area contributed by atoms with E-state index in [1.54, 1.807) is 0 Å². The van der Waals surface area contributed by atoms with Crippen LogP contribution < -0.4 is 0 Å². The van der Waals surface area contributed by atoms with Gasteiger partial charge in [-0.1, -0.05) is 19.1 Å². The zero-order valence-corrected chi connectivity index (χ0v) is 8.03. The fourth-order valence-electron chi connectivity index (χ4n) is 1.29. The van der Waals surface area contributed by atoms with Crippen molar-refractivity contribution in [1.82, 2.24) is 4.98 Å². The molecule has 0 unspecified atom stereocenters. The summed E-state index contributed by atoms with van der Waals surface area (Å²) >= 11 is 0. The Balaban J connectivity index is 2.89. The van der Waals surface area contributed by atoms with Gasteiger partial charge in [0.15, 0.2) is 0 Å². The van der Waals surface area contributed by atoms with Gasteiger partial charge in [0, 0.05) is 12.4 Å². The predicted molar refractivity (Wildman–Crippen MR) is 57.3 cm³/mol. The molecule has 0 aromatic carbocycles. The molecule has 1 rings (SSSR count). The van der Waals surface area contributed by atoms with E-state index in [0.717, 1.165) is 12.8 Å². The molecular formula is C12H15N. The smallest absolute Gasteiger partial charge is 0.0273 e. The van der Waals surface area contributed by atoms with E-state index in [1.165, 1.54) is 11.1 Å². The fourth-order valence-corrected chi connectivity index (χ4v) is 1.29. The van der Waals surface area contributed by atoms with Gasteiger partial charge >= 0.3 is 0 Å². The van der Waals surface area contributed by atoms with Crippen molar-refractivity contribution in [2.75, 3.05) is 0 Å². The minimum Gasteiger partial charge on any atom is -0.265 e. The van der Waals surface area contributed by atoms with Crippen LogP contribution in [0.5, 0.6) is 0 Å². The van der Waals surface area contributed by atoms with E-state index in [2.05, 4.69) is 24.6 Å². The minimum absolute atomic E-state index is 0.928. The van der Waals surface area contributed by atoms with Crippen LogP contribution in [0.25, 0.3) is 5.57 Å². The molecule has 0 atom stereocenters. The maximum Gasteiger partial charge on any atom is 0.0273 e. The molecule has 0 saturated carbocycles. The number of nitrogens with zero attached hydrogens (tertiary/aromatic N) is 1. The second-order valence-electron chi connectivity index (χ2n) is 2.87. The summed E-state index contributed by atoms with van der Waals surface area (Å²) in [6, 6.07) is 4.07. The molecule has 0 bridgehead atoms. The summed E-state index contributed by atoms with van der Waals surface area (Å²) in [6.45, 7) is 5.89. The molecule has 0 aliphatic heterocycles. The number of hydrogen-bond donors (Lipinski definition) is 0. The van der Waals surface area contributed by atoms with Crippen molar-refractivity contribution < 1.29 is 0 Å². The van der Waals surface area contributed by atoms with E-state index in [-0.39, 0.29) is 0 Å². The topological polar surface area (TPSA) is 12.9 Å². The molecule has 0 aliphatic rings. The summed E-state index contributed by atoms with van der Waals surface area (Å²) in [4.78, 5) is 3.99. The maximum atomic E-state index is 3.99. The van der Waals surface area contributed by atoms with Crippen LogP contribution in [0.1, 0.15) is 25.3 Å². The van der Waals surface area contributed by atoms with E-state index in [4.69, 9.17) is 0 Å². The van der Waals surface area contributed by atoms with Gasteiger partial charge < -0.3 is 0 Å². The highest BCUT2D eigenvalue weighted by Crippen LogP contribution is 2.17. The summed E-state index contributed by atoms with van der Waals surface area (Å²) < 4.78 is 0. The van der Waals surface area contributed by atoms with Crippen LogP contribution in [0.15, 0.2) is 43.3 Å². The third-order valence-corrected chi connectivity index (χ3v) is 1.87. The largest absolute Gasteiger partial charge is 0.265 e. The average molecular weight is 173 g/mol. The first kappa shape index (κ1) is 9.72. The minimum atomic E-state index is 0.928. The Hall–Kier alpha value is -1.37. The van der Waals surface area contributed by atoms with Gasteiger partial charge in [0.1, 0.15) is 0 Å². The highest BCUT2D eigenvalue weighted by atomic mass is 14.6. The summed E-state index contributed by atoms with van der Waals surface area (Å²) in [5, 5.41) is 0. The zero-order valence-electron chi connectivity index (χ0n) is 8.03. The molecule has 0 spiro atoms. The first-order chi connectivity index (χ1) is 6.38. The van der Waals surface area contributed by atoms with Crippen LogP contribution in [0.3, 0.4) is 0 Å². The van der Waals surface area contributed by atoms with Crippen LogP contribution in [0, 0.1) is 0 Å². The van der Waals surface area contributed by atoms with Gasteiger partial charge in [-0.2, -0.15) is 0 Å². The van der Waals surface area contributed by atoms with Gasteiger partial charge in [0.05, 0.1) is 0 Å². The van der Waals surface area contributed by atoms with Gasteiger partial charge in [0.2, 0.25) is 0 Å². The Morgan fingerprint density at radius 2 is 2.15 bits per heavy atom. The summed E-state index contributed by atoms with van der Waals surface area (Å²) in [7, 11) is 0. The van der Waals surface area contributed by atoms with Crippen molar-refractivity contribution in [3.8, 4) is 0 Å². The summed E-state index contributed by atoms with van der Waals surface area (Å²) in [6.07, 6.45) is 9.80. The lowest BCUT2D eigenvalue weighted by atomic mass is 10.0. The number of hydrogen-bond acceptors (Lipinski definition) is 1. The number of allylic oxidation sites excluding steroid dienone is 3. The normalized spacial score (nSPS) is 11.3. The van der Waals surface area contributed by atoms with Gasteiger partial charge in [-0.15, -0.1) is 6.58 Å². The molecule has 1 heteroatoms. The molecule has 0 amide bonds. The molecule has 1 aromatic heterocycles. The molecule has 1 heterocycles. The maximum absolute atomic E-state index is 3.99. The Bertz CT molecular complexity index is 285. The van der Waals surface area contributed by atoms with Crippen LogP contribution in [0.4, 0.5) is 0 Å². The molecule has 0 N–H and O–H groups in total. The lowest BCUT2D eigenvalue weighted by molar-refractivity contribution is 1.20. The van der Waals surface area contributed by atoms with Crippen molar-refractivity contribution in [3.05, 3.63) is 48.8 Å². The molecule has 0 radical (unpaired) electrons. The van der Waals surface area contributed by atoms with Gasteiger partial charge in [-0.25, -0.2) is 0 Å². The predicted octanol–water partition coefficient (Wildman–Crippen LogP) is 3.45. The number of rotatable bonds is 4. The van der Waals surface area contributed by atoms with Crippen LogP contribution in [-0.4, -0.2) is 4.98 Å². The fraction of sp³-hybridized carbons (Fsp3) is 0.250. The molecule has 13 heavy (non-hydrogen) atoms. The highest BCUT2D eigenvalue weighted by molar-refractivity contribution is 5.66. The lowest BCUT2D eigenvalue weighted by Gasteiger charge is -2.03. The second kappa shape index (κ2) is 5.31. The second-order valence-corrected chi connectivity index (χ2v) is 2.87. The SMILES string of the molecule is C=CCC(=CCC)c1ccncc1. The first-order valence-electron chi connectivity index (χ1n) is 4.58. The average Bonchev–Trinajstić information content (AvgIpc) is 2.19. The number of pyridine rings is 1. The number of aromatic nitrogens is 1. The van der Waals surface area contributed by atoms with Crippen molar-refractivity contribution in [3.63, 3.8) is 0 Å². The van der Waals surface area contributed by atoms with Crippen molar-refractivity contribution >= 4 is 5.57 Å². The van der Waals surface area contributed by atoms with Gasteiger partial charge in [-0.05, 0) is 36.1 Å². The molecule has 68 valence electrons. The van der Waals surface area contributed by atoms with Crippen molar-refractivity contribution in [2.45, 2.75) is 19.8 Å². The van der Waals surface area contributed by atoms with Crippen LogP contribution in [-0.2, 0) is 0 Å². The first-order valence-corrected chi connectivity index (χ1v) is 4.58. The third kappa shape index (κ3) is 2.86. The van der Waals surface area contributed by atoms with E-state index in [1.807, 2.05) is 30.6 Å². The van der Waals surface area contributed by atoms with Crippen molar-refractivity contribution in [1.29, 1.82) is 0 Å². The van der Waals surface area contributed by atoms with E-state index in [0.29, 0.717) is 0 Å². The van der Waals surface area contributed by atoms with E-state index < -0.39 is 0 Å². The summed E-state index contributed by atoms with van der Waals surface area (Å²) in [5.41, 5.74) is 2.58. The molecule has 1 nitrogen and oxygen atoms in total. The summed E-state index contributed by atoms with van der Waals surface area (Å²) in [5.74, 6) is 0. The Morgan fingerprint density at radius 1 is 1.46 bits per heavy atom. The standard InChI is InChI=1S/C12H15N/c1-3-5-11(6-4-2)12-7-9-13-10-8-12/h3,6-10H,1,4-5H2,2H3. The molecular weight excluding hydrogens is 158 g/mol. The Morgan fingerprint density at radius 3 is 2.69 bits per heavy atom. The van der Waals surface area contributed by atoms with Gasteiger partial charge in [0.25, 0.3) is 0 Å². The quantitative estimate of drug-likeness (QED) is 0.635. The molecule has 0 saturated heterocycles. The monoisotopic (exact) mass is 173 g/mol. The molecule has 1 aromatic rings. The Labute approximate surface area is 79.8 Å². The third-order valence-electron chi connectivity index (χ3n) is 1.87. The van der Waals surface area contributed by atoms with Gasteiger partial charge in [-0.3, -0.25) is 4.98 Å². The Kier molecular flexibility index (Phi) is 3.97. The van der Waals surface area contributed by atoms with Crippen LogP contribution >= 0.6 is 0 Å². The highest BCUT2D eigenvalue weighted by Gasteiger charge is 1.96.